The molecule has 0 aliphatic heterocycles. The summed E-state index contributed by atoms with van der Waals surface area (Å²) in [4.78, 5) is 15.4. The van der Waals surface area contributed by atoms with Gasteiger partial charge in [0.2, 0.25) is 5.91 Å². The predicted molar refractivity (Wildman–Crippen MR) is 54.6 cm³/mol. The van der Waals surface area contributed by atoms with Crippen molar-refractivity contribution in [2.75, 3.05) is 11.1 Å². The van der Waals surface area contributed by atoms with Crippen LogP contribution in [0.4, 0.5) is 11.5 Å². The third-order valence-corrected chi connectivity index (χ3v) is 2.27. The zero-order valence-electron chi connectivity index (χ0n) is 7.86. The van der Waals surface area contributed by atoms with E-state index < -0.39 is 0 Å². The van der Waals surface area contributed by atoms with E-state index in [9.17, 15) is 4.79 Å². The molecule has 1 aromatic heterocycles. The summed E-state index contributed by atoms with van der Waals surface area (Å²) in [6.45, 7) is 0. The van der Waals surface area contributed by atoms with Gasteiger partial charge in [-0.3, -0.25) is 4.79 Å². The third-order valence-electron chi connectivity index (χ3n) is 2.27. The van der Waals surface area contributed by atoms with E-state index in [0.29, 0.717) is 23.8 Å². The molecule has 0 bridgehead atoms. The summed E-state index contributed by atoms with van der Waals surface area (Å²) in [7, 11) is 0. The molecule has 0 radical (unpaired) electrons. The maximum atomic E-state index is 11.4. The van der Waals surface area contributed by atoms with Crippen molar-refractivity contribution in [3.63, 3.8) is 0 Å². The van der Waals surface area contributed by atoms with Gasteiger partial charge in [-0.25, -0.2) is 4.98 Å². The van der Waals surface area contributed by atoms with Gasteiger partial charge < -0.3 is 11.1 Å². The van der Waals surface area contributed by atoms with Crippen molar-refractivity contribution in [2.24, 2.45) is 5.92 Å². The van der Waals surface area contributed by atoms with Crippen LogP contribution in [0.5, 0.6) is 0 Å². The summed E-state index contributed by atoms with van der Waals surface area (Å²) in [5, 5.41) is 2.71. The first kappa shape index (κ1) is 8.99. The first-order valence-corrected chi connectivity index (χ1v) is 4.76. The maximum Gasteiger partial charge on any atom is 0.225 e. The van der Waals surface area contributed by atoms with Crippen LogP contribution in [-0.2, 0) is 4.79 Å². The lowest BCUT2D eigenvalue weighted by Gasteiger charge is -2.05. The van der Waals surface area contributed by atoms with E-state index >= 15 is 0 Å². The first-order chi connectivity index (χ1) is 6.75. The molecule has 74 valence electrons. The molecule has 0 aromatic carbocycles. The van der Waals surface area contributed by atoms with E-state index in [1.807, 2.05) is 0 Å². The van der Waals surface area contributed by atoms with Crippen LogP contribution >= 0.6 is 0 Å². The van der Waals surface area contributed by atoms with Gasteiger partial charge in [-0.2, -0.15) is 0 Å². The minimum atomic E-state index is 0.0119. The molecular formula is C10H13N3O. The topological polar surface area (TPSA) is 68.0 Å². The van der Waals surface area contributed by atoms with E-state index in [-0.39, 0.29) is 5.91 Å². The normalized spacial score (nSPS) is 15.1. The van der Waals surface area contributed by atoms with Crippen LogP contribution in [0.1, 0.15) is 19.3 Å². The number of nitrogens with one attached hydrogen (secondary N) is 1. The Kier molecular flexibility index (Phi) is 2.35. The Morgan fingerprint density at radius 2 is 2.43 bits per heavy atom. The molecule has 1 aliphatic rings. The van der Waals surface area contributed by atoms with Gasteiger partial charge in [0.1, 0.15) is 0 Å². The smallest absolute Gasteiger partial charge is 0.225 e. The molecule has 0 unspecified atom stereocenters. The largest absolute Gasteiger partial charge is 0.396 e. The number of nitrogen functional groups attached to an aromatic ring is 1. The quantitative estimate of drug-likeness (QED) is 0.758. The molecule has 4 nitrogen and oxygen atoms in total. The van der Waals surface area contributed by atoms with Gasteiger partial charge in [0.25, 0.3) is 0 Å². The summed E-state index contributed by atoms with van der Waals surface area (Å²) in [5.41, 5.74) is 6.15. The molecule has 0 saturated heterocycles. The second kappa shape index (κ2) is 3.65. The van der Waals surface area contributed by atoms with E-state index in [2.05, 4.69) is 10.3 Å². The number of hydrogen-bond donors (Lipinski definition) is 2. The summed E-state index contributed by atoms with van der Waals surface area (Å²) in [6, 6.07) is 3.46. The van der Waals surface area contributed by atoms with Gasteiger partial charge in [-0.1, -0.05) is 0 Å². The zero-order valence-corrected chi connectivity index (χ0v) is 7.86. The fourth-order valence-corrected chi connectivity index (χ4v) is 1.29. The van der Waals surface area contributed by atoms with Crippen LogP contribution < -0.4 is 11.1 Å². The molecule has 1 amide bonds. The second-order valence-corrected chi connectivity index (χ2v) is 3.64. The fourth-order valence-electron chi connectivity index (χ4n) is 1.29. The lowest BCUT2D eigenvalue weighted by molar-refractivity contribution is -0.116. The minimum Gasteiger partial charge on any atom is -0.396 e. The third kappa shape index (κ3) is 2.22. The number of hydrogen-bond acceptors (Lipinski definition) is 3. The van der Waals surface area contributed by atoms with E-state index in [0.717, 1.165) is 0 Å². The molecule has 1 heterocycles. The molecule has 1 fully saturated rings. The number of carbonyl (C=O) groups excluding carboxylic acids is 1. The average molecular weight is 191 g/mol. The Hall–Kier alpha value is -1.58. The standard InChI is InChI=1S/C10H13N3O/c11-8-2-1-5-12-10(8)13-9(14)6-7-3-4-7/h1-2,5,7H,3-4,6,11H2,(H,12,13,14). The Morgan fingerprint density at radius 1 is 1.64 bits per heavy atom. The molecule has 1 aliphatic carbocycles. The lowest BCUT2D eigenvalue weighted by atomic mass is 10.3. The highest BCUT2D eigenvalue weighted by Crippen LogP contribution is 2.32. The fraction of sp³-hybridized carbons (Fsp3) is 0.400. The van der Waals surface area contributed by atoms with Crippen LogP contribution in [-0.4, -0.2) is 10.9 Å². The average Bonchev–Trinajstić information content (AvgIpc) is 2.93. The van der Waals surface area contributed by atoms with Crippen LogP contribution in [0.15, 0.2) is 18.3 Å². The molecule has 1 saturated carbocycles. The number of amides is 1. The number of anilines is 2. The van der Waals surface area contributed by atoms with Crippen LogP contribution in [0.2, 0.25) is 0 Å². The molecular weight excluding hydrogens is 178 g/mol. The van der Waals surface area contributed by atoms with Crippen molar-refractivity contribution in [1.29, 1.82) is 0 Å². The molecule has 4 heteroatoms. The highest BCUT2D eigenvalue weighted by Gasteiger charge is 2.24. The monoisotopic (exact) mass is 191 g/mol. The van der Waals surface area contributed by atoms with Crippen molar-refractivity contribution in [2.45, 2.75) is 19.3 Å². The maximum absolute atomic E-state index is 11.4. The van der Waals surface area contributed by atoms with Crippen LogP contribution in [0, 0.1) is 5.92 Å². The molecule has 1 aromatic rings. The van der Waals surface area contributed by atoms with Crippen molar-refractivity contribution in [3.05, 3.63) is 18.3 Å². The Balaban J connectivity index is 1.95. The number of carbonyl (C=O) groups is 1. The van der Waals surface area contributed by atoms with Crippen molar-refractivity contribution < 1.29 is 4.79 Å². The molecule has 14 heavy (non-hydrogen) atoms. The van der Waals surface area contributed by atoms with Crippen LogP contribution in [0.3, 0.4) is 0 Å². The van der Waals surface area contributed by atoms with Gasteiger partial charge in [0, 0.05) is 12.6 Å². The summed E-state index contributed by atoms with van der Waals surface area (Å²) in [6.07, 6.45) is 4.55. The van der Waals surface area contributed by atoms with Crippen molar-refractivity contribution in [3.8, 4) is 0 Å². The van der Waals surface area contributed by atoms with E-state index in [1.54, 1.807) is 18.3 Å². The summed E-state index contributed by atoms with van der Waals surface area (Å²) < 4.78 is 0. The van der Waals surface area contributed by atoms with Gasteiger partial charge >= 0.3 is 0 Å². The van der Waals surface area contributed by atoms with Crippen molar-refractivity contribution in [1.82, 2.24) is 4.98 Å². The van der Waals surface area contributed by atoms with Gasteiger partial charge in [0.15, 0.2) is 5.82 Å². The number of rotatable bonds is 3. The lowest BCUT2D eigenvalue weighted by Crippen LogP contribution is -2.14. The summed E-state index contributed by atoms with van der Waals surface area (Å²) >= 11 is 0. The van der Waals surface area contributed by atoms with E-state index in [1.165, 1.54) is 12.8 Å². The molecule has 0 atom stereocenters. The van der Waals surface area contributed by atoms with E-state index in [4.69, 9.17) is 5.73 Å². The highest BCUT2D eigenvalue weighted by atomic mass is 16.1. The second-order valence-electron chi connectivity index (χ2n) is 3.64. The van der Waals surface area contributed by atoms with Gasteiger partial charge in [-0.05, 0) is 30.9 Å². The predicted octanol–water partition coefficient (Wildman–Crippen LogP) is 1.40. The number of aromatic nitrogens is 1. The van der Waals surface area contributed by atoms with Gasteiger partial charge in [0.05, 0.1) is 5.69 Å². The minimum absolute atomic E-state index is 0.0119. The zero-order chi connectivity index (χ0) is 9.97. The highest BCUT2D eigenvalue weighted by molar-refractivity contribution is 5.92. The molecule has 2 rings (SSSR count). The Bertz CT molecular complexity index is 347. The molecule has 0 spiro atoms. The molecule has 3 N–H and O–H groups in total. The number of nitrogens with zero attached hydrogens (tertiary/aromatic N) is 1. The SMILES string of the molecule is Nc1cccnc1NC(=O)CC1CC1. The van der Waals surface area contributed by atoms with Crippen LogP contribution in [0.25, 0.3) is 0 Å². The van der Waals surface area contributed by atoms with Crippen molar-refractivity contribution >= 4 is 17.4 Å². The number of nitrogens with two attached hydrogens (primary N) is 1. The Labute approximate surface area is 82.5 Å². The first-order valence-electron chi connectivity index (χ1n) is 4.76. The number of pyridine rings is 1. The summed E-state index contributed by atoms with van der Waals surface area (Å²) in [5.74, 6) is 1.07. The Morgan fingerprint density at radius 3 is 3.07 bits per heavy atom. The van der Waals surface area contributed by atoms with Gasteiger partial charge in [-0.15, -0.1) is 0 Å².